The number of aliphatic imine (C=N–C) groups is 1. The summed E-state index contributed by atoms with van der Waals surface area (Å²) in [7, 11) is 0. The van der Waals surface area contributed by atoms with E-state index >= 15 is 0 Å². The summed E-state index contributed by atoms with van der Waals surface area (Å²) in [5.41, 5.74) is 10.2. The molecule has 4 aromatic rings. The first-order valence-corrected chi connectivity index (χ1v) is 11.9. The molecule has 0 aliphatic rings. The fourth-order valence-electron chi connectivity index (χ4n) is 4.13. The normalized spacial score (nSPS) is 13.2. The van der Waals surface area contributed by atoms with Crippen LogP contribution in [0.4, 0.5) is 0 Å². The highest BCUT2D eigenvalue weighted by Crippen LogP contribution is 2.32. The average Bonchev–Trinajstić information content (AvgIpc) is 2.92. The summed E-state index contributed by atoms with van der Waals surface area (Å²) < 4.78 is 0. The highest BCUT2D eigenvalue weighted by Gasteiger charge is 2.17. The maximum Gasteiger partial charge on any atom is 0.0787 e. The standard InChI is InChI=1S/C33H31N/c1-4-25(2)31(28-19-11-6-12-20-28)33(30-23-15-8-16-24-30)34-32(29-21-13-7-14-22-29)26(3)27-17-9-5-10-18-27/h5-24H,4H2,1-3H3/b31-25+,32-26+,34-33-. The molecule has 168 valence electrons. The second-order valence-electron chi connectivity index (χ2n) is 8.41. The van der Waals surface area contributed by atoms with E-state index in [1.54, 1.807) is 0 Å². The van der Waals surface area contributed by atoms with Crippen molar-refractivity contribution in [1.82, 2.24) is 0 Å². The van der Waals surface area contributed by atoms with Gasteiger partial charge in [-0.05, 0) is 37.0 Å². The molecule has 0 aromatic heterocycles. The summed E-state index contributed by atoms with van der Waals surface area (Å²) >= 11 is 0. The number of benzene rings is 4. The molecule has 0 amide bonds. The van der Waals surface area contributed by atoms with Crippen molar-refractivity contribution >= 4 is 22.6 Å². The van der Waals surface area contributed by atoms with Gasteiger partial charge in [0.1, 0.15) is 0 Å². The fourth-order valence-corrected chi connectivity index (χ4v) is 4.13. The quantitative estimate of drug-likeness (QED) is 0.200. The van der Waals surface area contributed by atoms with Gasteiger partial charge in [0.05, 0.1) is 11.4 Å². The van der Waals surface area contributed by atoms with Gasteiger partial charge in [0.2, 0.25) is 0 Å². The van der Waals surface area contributed by atoms with Crippen LogP contribution in [0.2, 0.25) is 0 Å². The second-order valence-corrected chi connectivity index (χ2v) is 8.41. The molecular weight excluding hydrogens is 410 g/mol. The van der Waals surface area contributed by atoms with Gasteiger partial charge in [0.15, 0.2) is 0 Å². The Morgan fingerprint density at radius 3 is 1.41 bits per heavy atom. The van der Waals surface area contributed by atoms with Crippen molar-refractivity contribution in [2.24, 2.45) is 4.99 Å². The Hall–Kier alpha value is -3.97. The van der Waals surface area contributed by atoms with E-state index in [1.807, 2.05) is 0 Å². The van der Waals surface area contributed by atoms with E-state index < -0.39 is 0 Å². The van der Waals surface area contributed by atoms with Crippen LogP contribution in [0.5, 0.6) is 0 Å². The van der Waals surface area contributed by atoms with Crippen LogP contribution in [0.3, 0.4) is 0 Å². The van der Waals surface area contributed by atoms with Crippen LogP contribution in [0.15, 0.2) is 132 Å². The molecule has 0 spiro atoms. The Kier molecular flexibility index (Phi) is 7.67. The molecule has 4 aromatic carbocycles. The van der Waals surface area contributed by atoms with E-state index in [2.05, 4.69) is 142 Å². The molecule has 1 heteroatoms. The van der Waals surface area contributed by atoms with E-state index in [1.165, 1.54) is 22.3 Å². The molecule has 0 aliphatic heterocycles. The number of rotatable bonds is 7. The van der Waals surface area contributed by atoms with Crippen LogP contribution >= 0.6 is 0 Å². The van der Waals surface area contributed by atoms with Gasteiger partial charge in [-0.1, -0.05) is 134 Å². The number of hydrogen-bond acceptors (Lipinski definition) is 1. The van der Waals surface area contributed by atoms with Crippen molar-refractivity contribution in [3.05, 3.63) is 149 Å². The molecule has 0 saturated carbocycles. The van der Waals surface area contributed by atoms with Gasteiger partial charge < -0.3 is 0 Å². The smallest absolute Gasteiger partial charge is 0.0787 e. The molecule has 0 radical (unpaired) electrons. The zero-order valence-corrected chi connectivity index (χ0v) is 20.2. The summed E-state index contributed by atoms with van der Waals surface area (Å²) in [6.45, 7) is 6.60. The Morgan fingerprint density at radius 2 is 0.941 bits per heavy atom. The first-order valence-electron chi connectivity index (χ1n) is 11.9. The Labute approximate surface area is 203 Å². The van der Waals surface area contributed by atoms with E-state index in [0.717, 1.165) is 34.5 Å². The lowest BCUT2D eigenvalue weighted by atomic mass is 9.90. The fraction of sp³-hybridized carbons (Fsp3) is 0.121. The van der Waals surface area contributed by atoms with Gasteiger partial charge in [-0.2, -0.15) is 0 Å². The SMILES string of the molecule is CC/C(C)=C(/C(=N\C(=C(/C)c1ccccc1)c1ccccc1)c1ccccc1)c1ccccc1. The van der Waals surface area contributed by atoms with Gasteiger partial charge in [0.25, 0.3) is 0 Å². The molecule has 0 fully saturated rings. The Morgan fingerprint density at radius 1 is 0.529 bits per heavy atom. The third-order valence-electron chi connectivity index (χ3n) is 6.14. The lowest BCUT2D eigenvalue weighted by Crippen LogP contribution is -2.08. The summed E-state index contributed by atoms with van der Waals surface area (Å²) in [4.78, 5) is 5.48. The topological polar surface area (TPSA) is 12.4 Å². The van der Waals surface area contributed by atoms with Crippen LogP contribution in [0, 0.1) is 0 Å². The predicted molar refractivity (Wildman–Crippen MR) is 148 cm³/mol. The lowest BCUT2D eigenvalue weighted by Gasteiger charge is -2.18. The zero-order chi connectivity index (χ0) is 23.8. The summed E-state index contributed by atoms with van der Waals surface area (Å²) in [5, 5.41) is 0. The molecule has 0 saturated heterocycles. The van der Waals surface area contributed by atoms with Gasteiger partial charge in [-0.3, -0.25) is 0 Å². The zero-order valence-electron chi connectivity index (χ0n) is 20.2. The molecule has 0 heterocycles. The van der Waals surface area contributed by atoms with Crippen molar-refractivity contribution in [3.8, 4) is 0 Å². The lowest BCUT2D eigenvalue weighted by molar-refractivity contribution is 1.11. The van der Waals surface area contributed by atoms with Crippen LogP contribution in [0.1, 0.15) is 49.4 Å². The van der Waals surface area contributed by atoms with Crippen LogP contribution < -0.4 is 0 Å². The molecule has 0 atom stereocenters. The van der Waals surface area contributed by atoms with Crippen LogP contribution in [-0.4, -0.2) is 5.71 Å². The third-order valence-corrected chi connectivity index (χ3v) is 6.14. The molecular formula is C33H31N. The minimum absolute atomic E-state index is 0.956. The van der Waals surface area contributed by atoms with Gasteiger partial charge in [-0.25, -0.2) is 4.99 Å². The van der Waals surface area contributed by atoms with Gasteiger partial charge >= 0.3 is 0 Å². The third kappa shape index (κ3) is 5.32. The molecule has 0 bridgehead atoms. The molecule has 1 nitrogen and oxygen atoms in total. The first kappa shape index (κ1) is 23.2. The van der Waals surface area contributed by atoms with E-state index in [9.17, 15) is 0 Å². The van der Waals surface area contributed by atoms with Crippen molar-refractivity contribution in [3.63, 3.8) is 0 Å². The van der Waals surface area contributed by atoms with E-state index in [0.29, 0.717) is 0 Å². The minimum atomic E-state index is 0.956. The Balaban J connectivity index is 2.05. The monoisotopic (exact) mass is 441 g/mol. The second kappa shape index (κ2) is 11.2. The number of allylic oxidation sites excluding steroid dienone is 3. The van der Waals surface area contributed by atoms with E-state index in [-0.39, 0.29) is 0 Å². The maximum atomic E-state index is 5.48. The largest absolute Gasteiger partial charge is 0.247 e. The molecule has 34 heavy (non-hydrogen) atoms. The van der Waals surface area contributed by atoms with Gasteiger partial charge in [0, 0.05) is 16.7 Å². The molecule has 0 unspecified atom stereocenters. The van der Waals surface area contributed by atoms with Gasteiger partial charge in [-0.15, -0.1) is 0 Å². The predicted octanol–water partition coefficient (Wildman–Crippen LogP) is 8.95. The molecule has 0 N–H and O–H groups in total. The summed E-state index contributed by atoms with van der Waals surface area (Å²) in [5.74, 6) is 0. The number of hydrogen-bond donors (Lipinski definition) is 0. The van der Waals surface area contributed by atoms with Crippen molar-refractivity contribution in [2.75, 3.05) is 0 Å². The van der Waals surface area contributed by atoms with Crippen molar-refractivity contribution < 1.29 is 0 Å². The highest BCUT2D eigenvalue weighted by atomic mass is 14.8. The van der Waals surface area contributed by atoms with Crippen LogP contribution in [0.25, 0.3) is 16.8 Å². The van der Waals surface area contributed by atoms with Crippen molar-refractivity contribution in [2.45, 2.75) is 27.2 Å². The molecule has 4 rings (SSSR count). The number of nitrogens with zero attached hydrogens (tertiary/aromatic N) is 1. The maximum absolute atomic E-state index is 5.48. The molecule has 0 aliphatic carbocycles. The summed E-state index contributed by atoms with van der Waals surface area (Å²) in [6, 6.07) is 42.2. The highest BCUT2D eigenvalue weighted by molar-refractivity contribution is 6.33. The van der Waals surface area contributed by atoms with Crippen molar-refractivity contribution in [1.29, 1.82) is 0 Å². The Bertz CT molecular complexity index is 1300. The average molecular weight is 442 g/mol. The minimum Gasteiger partial charge on any atom is -0.247 e. The summed E-state index contributed by atoms with van der Waals surface area (Å²) in [6.07, 6.45) is 0.956. The van der Waals surface area contributed by atoms with E-state index in [4.69, 9.17) is 4.99 Å². The first-order chi connectivity index (χ1) is 16.7. The van der Waals surface area contributed by atoms with Crippen LogP contribution in [-0.2, 0) is 0 Å².